The van der Waals surface area contributed by atoms with Gasteiger partial charge in [-0.2, -0.15) is 18.3 Å². The molecule has 0 fully saturated rings. The number of para-hydroxylation sites is 1. The minimum atomic E-state index is -4.53. The molecule has 0 aliphatic rings. The van der Waals surface area contributed by atoms with E-state index in [0.717, 1.165) is 6.07 Å². The summed E-state index contributed by atoms with van der Waals surface area (Å²) in [6.45, 7) is 1.69. The van der Waals surface area contributed by atoms with Gasteiger partial charge < -0.3 is 10.6 Å². The lowest BCUT2D eigenvalue weighted by Crippen LogP contribution is -2.31. The molecule has 2 aromatic rings. The van der Waals surface area contributed by atoms with Gasteiger partial charge >= 0.3 is 12.2 Å². The SMILES string of the molecule is CC(NC(=O)Nc1ccccc1C(F)(F)F)c1cn[nH]c1. The summed E-state index contributed by atoms with van der Waals surface area (Å²) in [6, 6.07) is 3.69. The Bertz CT molecular complexity index is 610. The van der Waals surface area contributed by atoms with Crippen LogP contribution >= 0.6 is 0 Å². The number of carbonyl (C=O) groups excluding carboxylic acids is 1. The van der Waals surface area contributed by atoms with Crippen molar-refractivity contribution in [2.75, 3.05) is 5.32 Å². The number of H-pyrrole nitrogens is 1. The van der Waals surface area contributed by atoms with Crippen LogP contribution in [0.3, 0.4) is 0 Å². The summed E-state index contributed by atoms with van der Waals surface area (Å²) in [5, 5.41) is 11.1. The Labute approximate surface area is 118 Å². The number of hydrogen-bond donors (Lipinski definition) is 3. The fraction of sp³-hybridized carbons (Fsp3) is 0.231. The minimum absolute atomic E-state index is 0.290. The highest BCUT2D eigenvalue weighted by Crippen LogP contribution is 2.34. The number of urea groups is 1. The van der Waals surface area contributed by atoms with Gasteiger partial charge in [0.25, 0.3) is 0 Å². The fourth-order valence-electron chi connectivity index (χ4n) is 1.78. The van der Waals surface area contributed by atoms with E-state index in [-0.39, 0.29) is 11.7 Å². The van der Waals surface area contributed by atoms with Crippen LogP contribution in [0.1, 0.15) is 24.1 Å². The third-order valence-electron chi connectivity index (χ3n) is 2.85. The molecule has 0 saturated heterocycles. The van der Waals surface area contributed by atoms with Crippen LogP contribution in [0, 0.1) is 0 Å². The number of amides is 2. The van der Waals surface area contributed by atoms with E-state index >= 15 is 0 Å². The normalized spacial score (nSPS) is 12.8. The Morgan fingerprint density at radius 2 is 2.05 bits per heavy atom. The second kappa shape index (κ2) is 5.86. The zero-order chi connectivity index (χ0) is 15.5. The predicted octanol–water partition coefficient (Wildman–Crippen LogP) is 3.31. The summed E-state index contributed by atoms with van der Waals surface area (Å²) in [6.07, 6.45) is -1.41. The summed E-state index contributed by atoms with van der Waals surface area (Å²) in [4.78, 5) is 11.8. The largest absolute Gasteiger partial charge is 0.418 e. The number of nitrogens with one attached hydrogen (secondary N) is 3. The molecule has 1 atom stereocenters. The van der Waals surface area contributed by atoms with Gasteiger partial charge in [0.05, 0.1) is 23.5 Å². The van der Waals surface area contributed by atoms with Crippen molar-refractivity contribution in [1.29, 1.82) is 0 Å². The molecule has 21 heavy (non-hydrogen) atoms. The number of nitrogens with zero attached hydrogens (tertiary/aromatic N) is 1. The van der Waals surface area contributed by atoms with Gasteiger partial charge in [-0.3, -0.25) is 5.10 Å². The highest BCUT2D eigenvalue weighted by molar-refractivity contribution is 5.90. The first-order valence-corrected chi connectivity index (χ1v) is 6.10. The first-order chi connectivity index (χ1) is 9.88. The number of hydrogen-bond acceptors (Lipinski definition) is 2. The number of aromatic amines is 1. The standard InChI is InChI=1S/C13H13F3N4O/c1-8(9-6-17-18-7-9)19-12(21)20-11-5-3-2-4-10(11)13(14,15)16/h2-8H,1H3,(H,17,18)(H2,19,20,21). The third-order valence-corrected chi connectivity index (χ3v) is 2.85. The molecule has 112 valence electrons. The Balaban J connectivity index is 2.07. The molecule has 1 aromatic heterocycles. The first-order valence-electron chi connectivity index (χ1n) is 6.10. The molecule has 2 rings (SSSR count). The second-order valence-corrected chi connectivity index (χ2v) is 4.40. The molecular weight excluding hydrogens is 285 g/mol. The lowest BCUT2D eigenvalue weighted by molar-refractivity contribution is -0.136. The Kier molecular flexibility index (Phi) is 4.15. The van der Waals surface area contributed by atoms with Crippen LogP contribution in [-0.4, -0.2) is 16.2 Å². The maximum atomic E-state index is 12.8. The summed E-state index contributed by atoms with van der Waals surface area (Å²) in [7, 11) is 0. The highest BCUT2D eigenvalue weighted by Gasteiger charge is 2.33. The van der Waals surface area contributed by atoms with E-state index < -0.39 is 17.8 Å². The van der Waals surface area contributed by atoms with Crippen molar-refractivity contribution in [1.82, 2.24) is 15.5 Å². The van der Waals surface area contributed by atoms with Crippen LogP contribution in [0.5, 0.6) is 0 Å². The van der Waals surface area contributed by atoms with Gasteiger partial charge in [0, 0.05) is 11.8 Å². The molecule has 3 N–H and O–H groups in total. The number of aromatic nitrogens is 2. The van der Waals surface area contributed by atoms with Crippen LogP contribution in [0.2, 0.25) is 0 Å². The van der Waals surface area contributed by atoms with E-state index in [1.807, 2.05) is 0 Å². The lowest BCUT2D eigenvalue weighted by Gasteiger charge is -2.16. The fourth-order valence-corrected chi connectivity index (χ4v) is 1.78. The molecule has 0 radical (unpaired) electrons. The first kappa shape index (κ1) is 14.9. The number of halogens is 3. The lowest BCUT2D eigenvalue weighted by atomic mass is 10.1. The van der Waals surface area contributed by atoms with Gasteiger partial charge in [-0.05, 0) is 19.1 Å². The molecule has 0 bridgehead atoms. The van der Waals surface area contributed by atoms with Crippen molar-refractivity contribution in [2.24, 2.45) is 0 Å². The number of rotatable bonds is 3. The molecule has 8 heteroatoms. The van der Waals surface area contributed by atoms with Crippen molar-refractivity contribution < 1.29 is 18.0 Å². The van der Waals surface area contributed by atoms with Crippen LogP contribution in [-0.2, 0) is 6.18 Å². The summed E-state index contributed by atoms with van der Waals surface area (Å²) in [5.74, 6) is 0. The Hall–Kier alpha value is -2.51. The smallest absolute Gasteiger partial charge is 0.331 e. The van der Waals surface area contributed by atoms with Gasteiger partial charge in [-0.25, -0.2) is 4.79 Å². The monoisotopic (exact) mass is 298 g/mol. The van der Waals surface area contributed by atoms with Gasteiger partial charge in [-0.15, -0.1) is 0 Å². The van der Waals surface area contributed by atoms with Crippen LogP contribution in [0.25, 0.3) is 0 Å². The molecule has 1 aromatic carbocycles. The number of anilines is 1. The number of benzene rings is 1. The topological polar surface area (TPSA) is 69.8 Å². The maximum absolute atomic E-state index is 12.8. The molecular formula is C13H13F3N4O. The Morgan fingerprint density at radius 1 is 1.33 bits per heavy atom. The number of alkyl halides is 3. The molecule has 0 spiro atoms. The average molecular weight is 298 g/mol. The van der Waals surface area contributed by atoms with E-state index in [1.54, 1.807) is 13.1 Å². The maximum Gasteiger partial charge on any atom is 0.418 e. The van der Waals surface area contributed by atoms with Gasteiger partial charge in [0.15, 0.2) is 0 Å². The molecule has 0 saturated carbocycles. The highest BCUT2D eigenvalue weighted by atomic mass is 19.4. The summed E-state index contributed by atoms with van der Waals surface area (Å²) >= 11 is 0. The molecule has 1 heterocycles. The van der Waals surface area contributed by atoms with Crippen LogP contribution in [0.4, 0.5) is 23.7 Å². The van der Waals surface area contributed by atoms with E-state index in [2.05, 4.69) is 20.8 Å². The van der Waals surface area contributed by atoms with Gasteiger partial charge in [-0.1, -0.05) is 12.1 Å². The average Bonchev–Trinajstić information content (AvgIpc) is 2.91. The molecule has 0 aliphatic carbocycles. The Morgan fingerprint density at radius 3 is 2.67 bits per heavy atom. The van der Waals surface area contributed by atoms with Crippen LogP contribution in [0.15, 0.2) is 36.7 Å². The zero-order valence-electron chi connectivity index (χ0n) is 11.0. The quantitative estimate of drug-likeness (QED) is 0.813. The molecule has 5 nitrogen and oxygen atoms in total. The summed E-state index contributed by atoms with van der Waals surface area (Å²) in [5.41, 5.74) is -0.465. The van der Waals surface area contributed by atoms with E-state index in [1.165, 1.54) is 24.4 Å². The van der Waals surface area contributed by atoms with Crippen molar-refractivity contribution in [3.05, 3.63) is 47.8 Å². The van der Waals surface area contributed by atoms with Crippen molar-refractivity contribution in [3.63, 3.8) is 0 Å². The van der Waals surface area contributed by atoms with Crippen LogP contribution < -0.4 is 10.6 Å². The van der Waals surface area contributed by atoms with Crippen molar-refractivity contribution in [2.45, 2.75) is 19.1 Å². The molecule has 2 amide bonds. The minimum Gasteiger partial charge on any atom is -0.331 e. The van der Waals surface area contributed by atoms with Gasteiger partial charge in [0.1, 0.15) is 0 Å². The van der Waals surface area contributed by atoms with E-state index in [4.69, 9.17) is 0 Å². The molecule has 0 aliphatic heterocycles. The predicted molar refractivity (Wildman–Crippen MR) is 70.6 cm³/mol. The third kappa shape index (κ3) is 3.74. The van der Waals surface area contributed by atoms with Gasteiger partial charge in [0.2, 0.25) is 0 Å². The number of carbonyl (C=O) groups is 1. The van der Waals surface area contributed by atoms with E-state index in [9.17, 15) is 18.0 Å². The van der Waals surface area contributed by atoms with E-state index in [0.29, 0.717) is 5.56 Å². The second-order valence-electron chi connectivity index (χ2n) is 4.40. The summed E-state index contributed by atoms with van der Waals surface area (Å²) < 4.78 is 38.4. The van der Waals surface area contributed by atoms with Crippen molar-refractivity contribution in [3.8, 4) is 0 Å². The zero-order valence-corrected chi connectivity index (χ0v) is 11.0. The van der Waals surface area contributed by atoms with Crippen molar-refractivity contribution >= 4 is 11.7 Å². The molecule has 1 unspecified atom stereocenters.